The maximum absolute atomic E-state index is 5.16. The van der Waals surface area contributed by atoms with Crippen molar-refractivity contribution in [3.05, 3.63) is 12.3 Å². The first kappa shape index (κ1) is 5.46. The van der Waals surface area contributed by atoms with Gasteiger partial charge in [-0.25, -0.2) is 0 Å². The van der Waals surface area contributed by atoms with Crippen LogP contribution in [0.3, 0.4) is 0 Å². The Balaban J connectivity index is 2.41. The average molecular weight is 137 g/mol. The molecule has 10 heavy (non-hydrogen) atoms. The molecule has 1 aliphatic heterocycles. The maximum atomic E-state index is 5.16. The Morgan fingerprint density at radius 2 is 2.30 bits per heavy atom. The summed E-state index contributed by atoms with van der Waals surface area (Å²) in [5, 5.41) is 7.18. The molecule has 0 saturated carbocycles. The standard InChI is InChI=1S/C6H5N2O2/c1-2-7-8-6-5(1)9-3-4-10-6/h1H,3-4H2. The largest absolute Gasteiger partial charge is 0.484 e. The number of hydrogen-bond acceptors (Lipinski definition) is 4. The first-order valence-electron chi connectivity index (χ1n) is 2.96. The van der Waals surface area contributed by atoms with Crippen molar-refractivity contribution in [3.63, 3.8) is 0 Å². The molecule has 0 bridgehead atoms. The monoisotopic (exact) mass is 137 g/mol. The molecule has 0 N–H and O–H groups in total. The van der Waals surface area contributed by atoms with Crippen LogP contribution in [0.5, 0.6) is 11.6 Å². The second-order valence-electron chi connectivity index (χ2n) is 1.84. The van der Waals surface area contributed by atoms with E-state index in [2.05, 4.69) is 16.4 Å². The van der Waals surface area contributed by atoms with Crippen LogP contribution in [0.25, 0.3) is 0 Å². The molecule has 0 saturated heterocycles. The molecule has 0 amide bonds. The van der Waals surface area contributed by atoms with Gasteiger partial charge in [0.15, 0.2) is 5.75 Å². The van der Waals surface area contributed by atoms with Crippen LogP contribution in [0, 0.1) is 6.20 Å². The fourth-order valence-electron chi connectivity index (χ4n) is 0.766. The molecule has 2 rings (SSSR count). The third kappa shape index (κ3) is 0.775. The minimum atomic E-state index is 0.463. The molecule has 0 fully saturated rings. The van der Waals surface area contributed by atoms with Crippen LogP contribution in [0.1, 0.15) is 0 Å². The van der Waals surface area contributed by atoms with E-state index in [-0.39, 0.29) is 0 Å². The molecule has 1 aliphatic rings. The summed E-state index contributed by atoms with van der Waals surface area (Å²) in [6.07, 6.45) is 2.55. The summed E-state index contributed by atoms with van der Waals surface area (Å²) in [5.41, 5.74) is 0. The molecule has 4 heteroatoms. The van der Waals surface area contributed by atoms with E-state index in [1.165, 1.54) is 0 Å². The summed E-state index contributed by atoms with van der Waals surface area (Å²) < 4.78 is 10.3. The minimum absolute atomic E-state index is 0.463. The lowest BCUT2D eigenvalue weighted by molar-refractivity contribution is 0.162. The van der Waals surface area contributed by atoms with Gasteiger partial charge in [0.1, 0.15) is 19.4 Å². The molecular weight excluding hydrogens is 132 g/mol. The highest BCUT2D eigenvalue weighted by atomic mass is 16.6. The number of hydrogen-bond donors (Lipinski definition) is 0. The topological polar surface area (TPSA) is 44.2 Å². The molecule has 2 heterocycles. The molecule has 0 spiro atoms. The van der Waals surface area contributed by atoms with Crippen molar-refractivity contribution >= 4 is 0 Å². The van der Waals surface area contributed by atoms with Crippen molar-refractivity contribution in [1.29, 1.82) is 0 Å². The van der Waals surface area contributed by atoms with E-state index in [0.717, 1.165) is 0 Å². The lowest BCUT2D eigenvalue weighted by Crippen LogP contribution is -2.16. The lowest BCUT2D eigenvalue weighted by atomic mass is 10.5. The Morgan fingerprint density at radius 1 is 1.40 bits per heavy atom. The third-order valence-electron chi connectivity index (χ3n) is 1.18. The highest BCUT2D eigenvalue weighted by molar-refractivity contribution is 5.31. The number of aromatic nitrogens is 2. The molecule has 0 aromatic carbocycles. The summed E-state index contributed by atoms with van der Waals surface area (Å²) >= 11 is 0. The van der Waals surface area contributed by atoms with Gasteiger partial charge in [0.2, 0.25) is 0 Å². The van der Waals surface area contributed by atoms with Crippen molar-refractivity contribution in [2.45, 2.75) is 0 Å². The molecule has 0 unspecified atom stereocenters. The van der Waals surface area contributed by atoms with E-state index < -0.39 is 0 Å². The van der Waals surface area contributed by atoms with Crippen molar-refractivity contribution in [1.82, 2.24) is 10.2 Å². The van der Waals surface area contributed by atoms with E-state index in [4.69, 9.17) is 9.47 Å². The van der Waals surface area contributed by atoms with E-state index in [1.54, 1.807) is 6.07 Å². The predicted octanol–water partition coefficient (Wildman–Crippen LogP) is 0.0480. The molecular formula is C6H5N2O2. The van der Waals surface area contributed by atoms with Crippen LogP contribution >= 0.6 is 0 Å². The molecule has 51 valence electrons. The number of rotatable bonds is 0. The van der Waals surface area contributed by atoms with Crippen LogP contribution in [0.2, 0.25) is 0 Å². The third-order valence-corrected chi connectivity index (χ3v) is 1.18. The van der Waals surface area contributed by atoms with Gasteiger partial charge in [0.25, 0.3) is 5.88 Å². The first-order chi connectivity index (χ1) is 4.97. The summed E-state index contributed by atoms with van der Waals surface area (Å²) in [6.45, 7) is 1.12. The van der Waals surface area contributed by atoms with Gasteiger partial charge in [-0.05, 0) is 0 Å². The van der Waals surface area contributed by atoms with E-state index in [9.17, 15) is 0 Å². The zero-order valence-electron chi connectivity index (χ0n) is 5.20. The van der Waals surface area contributed by atoms with E-state index >= 15 is 0 Å². The SMILES string of the molecule is [c]1cc2c(nn1)OCCO2. The van der Waals surface area contributed by atoms with Crippen LogP contribution in [0.15, 0.2) is 6.07 Å². The van der Waals surface area contributed by atoms with E-state index in [1.807, 2.05) is 0 Å². The lowest BCUT2D eigenvalue weighted by Gasteiger charge is -2.14. The molecule has 0 aliphatic carbocycles. The second-order valence-corrected chi connectivity index (χ2v) is 1.84. The minimum Gasteiger partial charge on any atom is -0.484 e. The molecule has 1 aromatic rings. The Labute approximate surface area is 57.8 Å². The highest BCUT2D eigenvalue weighted by Gasteiger charge is 2.11. The number of nitrogens with zero attached hydrogens (tertiary/aromatic N) is 2. The average Bonchev–Trinajstić information content (AvgIpc) is 2.05. The van der Waals surface area contributed by atoms with Crippen LogP contribution in [-0.4, -0.2) is 23.4 Å². The van der Waals surface area contributed by atoms with Gasteiger partial charge in [0, 0.05) is 6.07 Å². The van der Waals surface area contributed by atoms with Gasteiger partial charge in [0.05, 0.1) is 0 Å². The van der Waals surface area contributed by atoms with Gasteiger partial charge in [-0.15, -0.1) is 10.2 Å². The normalized spacial score (nSPS) is 14.8. The summed E-state index contributed by atoms with van der Waals surface area (Å²) in [6, 6.07) is 1.61. The van der Waals surface area contributed by atoms with Crippen molar-refractivity contribution < 1.29 is 9.47 Å². The van der Waals surface area contributed by atoms with Gasteiger partial charge in [-0.2, -0.15) is 0 Å². The quantitative estimate of drug-likeness (QED) is 0.506. The van der Waals surface area contributed by atoms with Gasteiger partial charge >= 0.3 is 0 Å². The Kier molecular flexibility index (Phi) is 1.16. The first-order valence-corrected chi connectivity index (χ1v) is 2.96. The van der Waals surface area contributed by atoms with Crippen molar-refractivity contribution in [2.24, 2.45) is 0 Å². The van der Waals surface area contributed by atoms with Gasteiger partial charge < -0.3 is 9.47 Å². The van der Waals surface area contributed by atoms with Crippen LogP contribution < -0.4 is 9.47 Å². The fraction of sp³-hybridized carbons (Fsp3) is 0.333. The fourth-order valence-corrected chi connectivity index (χ4v) is 0.766. The number of fused-ring (bicyclic) bond motifs is 1. The summed E-state index contributed by atoms with van der Waals surface area (Å²) in [7, 11) is 0. The Morgan fingerprint density at radius 3 is 3.20 bits per heavy atom. The van der Waals surface area contributed by atoms with Crippen molar-refractivity contribution in [3.8, 4) is 11.6 Å². The summed E-state index contributed by atoms with van der Waals surface area (Å²) in [5.74, 6) is 1.09. The van der Waals surface area contributed by atoms with Gasteiger partial charge in [-0.1, -0.05) is 0 Å². The van der Waals surface area contributed by atoms with Crippen LogP contribution in [-0.2, 0) is 0 Å². The van der Waals surface area contributed by atoms with Crippen molar-refractivity contribution in [2.75, 3.05) is 13.2 Å². The Hall–Kier alpha value is -1.32. The highest BCUT2D eigenvalue weighted by Crippen LogP contribution is 2.24. The second kappa shape index (κ2) is 2.13. The Bertz CT molecular complexity index is 214. The number of ether oxygens (including phenoxy) is 2. The molecule has 0 atom stereocenters. The van der Waals surface area contributed by atoms with E-state index in [0.29, 0.717) is 24.8 Å². The molecule has 1 aromatic heterocycles. The van der Waals surface area contributed by atoms with Gasteiger partial charge in [-0.3, -0.25) is 0 Å². The zero-order chi connectivity index (χ0) is 6.81. The van der Waals surface area contributed by atoms with Crippen LogP contribution in [0.4, 0.5) is 0 Å². The summed E-state index contributed by atoms with van der Waals surface area (Å²) in [4.78, 5) is 0. The smallest absolute Gasteiger partial charge is 0.276 e. The maximum Gasteiger partial charge on any atom is 0.276 e. The molecule has 4 nitrogen and oxygen atoms in total. The zero-order valence-corrected chi connectivity index (χ0v) is 5.20. The predicted molar refractivity (Wildman–Crippen MR) is 31.9 cm³/mol. The molecule has 1 radical (unpaired) electrons.